The lowest BCUT2D eigenvalue weighted by Crippen LogP contribution is -2.71. The van der Waals surface area contributed by atoms with E-state index in [9.17, 15) is 102 Å². The van der Waals surface area contributed by atoms with Crippen molar-refractivity contribution in [2.24, 2.45) is 0 Å². The zero-order valence-electron chi connectivity index (χ0n) is 67.4. The molecule has 0 aromatic heterocycles. The zero-order valence-corrected chi connectivity index (χ0v) is 67.4. The summed E-state index contributed by atoms with van der Waals surface area (Å²) < 4.78 is 71.9. The minimum atomic E-state index is -2.24. The maximum atomic E-state index is 13.6. The number of unbranched alkanes of at least 4 members (excludes halogenated alkanes) is 28. The molecule has 6 saturated heterocycles. The van der Waals surface area contributed by atoms with Crippen LogP contribution in [-0.4, -0.2) is 340 Å². The molecule has 12 unspecified atom stereocenters. The maximum Gasteiger partial charge on any atom is 0.220 e. The molecule has 0 aliphatic carbocycles. The first kappa shape index (κ1) is 100. The molecule has 0 saturated carbocycles. The van der Waals surface area contributed by atoms with Gasteiger partial charge in [0.25, 0.3) is 0 Å². The van der Waals surface area contributed by atoms with Gasteiger partial charge in [-0.1, -0.05) is 192 Å². The van der Waals surface area contributed by atoms with Crippen molar-refractivity contribution < 1.29 is 158 Å². The molecule has 20 N–H and O–H groups in total. The molecular weight excluding hydrogens is 1500 g/mol. The Balaban J connectivity index is 1.11. The van der Waals surface area contributed by atoms with Crippen LogP contribution in [0.5, 0.6) is 0 Å². The summed E-state index contributed by atoms with van der Waals surface area (Å²) in [5.41, 5.74) is 0. The molecular formula is C80H144N2O32. The molecule has 0 aromatic carbocycles. The molecule has 34 heteroatoms. The minimum absolute atomic E-state index is 0.167. The summed E-state index contributed by atoms with van der Waals surface area (Å²) in [5.74, 6) is -1.25. The van der Waals surface area contributed by atoms with Crippen LogP contribution in [0, 0.1) is 0 Å². The number of carbonyl (C=O) groups excluding carboxylic acids is 2. The van der Waals surface area contributed by atoms with E-state index in [2.05, 4.69) is 36.6 Å². The lowest BCUT2D eigenvalue weighted by atomic mass is 9.94. The standard InChI is InChI=1S/C80H144N2O32/c1-5-7-9-11-13-15-17-19-20-21-22-23-24-25-26-28-30-32-34-36-38-40-56(90)82-49(50(89)39-37-35-33-31-29-27-18-16-14-12-10-8-6-2)46-103-76-68(101)65(98)70(55(45-87)109-76)110-79-69(102)72(61(94)53(43-85)107-79)112-75-57(81-48(4)88)71(60(93)52(42-84)105-75)111-80-74(114-77-66(99)63(96)58(91)47(3)104-77)73(62(95)54(44-86)108-80)113-78-67(100)64(97)59(92)51(41-83)106-78/h19-20,37,39,47,49-55,57-80,83-87,89,91-102H,5-18,21-36,38,40-46H2,1-4H3,(H,81,88)(H,82,90)/b20-19-,39-37+/t47?,49-,50+,51?,52?,53?,54?,55?,57?,58+,59-,60+,61-,62-,63?,64-,65+,66-,67?,68?,69?,70+,71+,72-,73-,74?,75-,76+,77+,78+,79-,80-/m0/s1. The van der Waals surface area contributed by atoms with Gasteiger partial charge in [-0.05, 0) is 51.9 Å². The number of aliphatic hydroxyl groups is 18. The van der Waals surface area contributed by atoms with Gasteiger partial charge in [-0.2, -0.15) is 0 Å². The first-order chi connectivity index (χ1) is 54.9. The van der Waals surface area contributed by atoms with Gasteiger partial charge in [0.1, 0.15) is 140 Å². The smallest absolute Gasteiger partial charge is 0.220 e. The fourth-order valence-corrected chi connectivity index (χ4v) is 15.4. The van der Waals surface area contributed by atoms with E-state index in [0.717, 1.165) is 64.7 Å². The summed E-state index contributed by atoms with van der Waals surface area (Å²) in [7, 11) is 0. The number of amides is 2. The summed E-state index contributed by atoms with van der Waals surface area (Å²) in [6, 6.07) is -2.98. The molecule has 6 aliphatic rings. The minimum Gasteiger partial charge on any atom is -0.394 e. The van der Waals surface area contributed by atoms with Gasteiger partial charge < -0.3 is 159 Å². The van der Waals surface area contributed by atoms with Crippen LogP contribution < -0.4 is 10.6 Å². The SMILES string of the molecule is CCCCCCCC/C=C\CCCCCCCCCCCCCC(=O)N[C@@H](CO[C@@H]1OC(CO)[C@@H](O[C@@H]2OC(CO)[C@H](O)[C@H](O[C@@H]3OC(CO)[C@@H](O)[C@H](O[C@@H]4OC(CO)[C@H](O)[C@H](O[C@H]5OC(CO)[C@H](O)[C@H](O)C5O)C4O[C@H]4OC(C)[C@@H](O)C(O)[C@@H]4O)C3NC(C)=O)C2O)[C@H](O)C1O)[C@H](O)/C=C/CCCCCCCCCCCCC. The second-order valence-corrected chi connectivity index (χ2v) is 31.7. The number of aliphatic hydroxyl groups excluding tert-OH is 18. The summed E-state index contributed by atoms with van der Waals surface area (Å²) in [6.07, 6.45) is -13.8. The van der Waals surface area contributed by atoms with Crippen molar-refractivity contribution in [2.45, 2.75) is 429 Å². The van der Waals surface area contributed by atoms with Crippen molar-refractivity contribution in [1.82, 2.24) is 10.6 Å². The van der Waals surface area contributed by atoms with Crippen molar-refractivity contribution in [3.63, 3.8) is 0 Å². The largest absolute Gasteiger partial charge is 0.394 e. The van der Waals surface area contributed by atoms with Gasteiger partial charge >= 0.3 is 0 Å². The van der Waals surface area contributed by atoms with Gasteiger partial charge in [-0.15, -0.1) is 0 Å². The number of carbonyl (C=O) groups is 2. The van der Waals surface area contributed by atoms with E-state index in [1.54, 1.807) is 6.08 Å². The molecule has 0 aromatic rings. The number of rotatable bonds is 55. The van der Waals surface area contributed by atoms with Crippen LogP contribution in [0.2, 0.25) is 0 Å². The van der Waals surface area contributed by atoms with Gasteiger partial charge in [-0.3, -0.25) is 9.59 Å². The Morgan fingerprint density at radius 3 is 1.23 bits per heavy atom. The summed E-state index contributed by atoms with van der Waals surface area (Å²) >= 11 is 0. The van der Waals surface area contributed by atoms with Crippen molar-refractivity contribution in [1.29, 1.82) is 0 Å². The topological polar surface area (TPSA) is 533 Å². The highest BCUT2D eigenvalue weighted by Gasteiger charge is 2.59. The van der Waals surface area contributed by atoms with E-state index in [4.69, 9.17) is 56.8 Å². The second kappa shape index (κ2) is 54.6. The highest BCUT2D eigenvalue weighted by molar-refractivity contribution is 5.76. The number of nitrogens with one attached hydrogen (secondary N) is 2. The van der Waals surface area contributed by atoms with Crippen molar-refractivity contribution in [3.8, 4) is 0 Å². The van der Waals surface area contributed by atoms with E-state index < -0.39 is 242 Å². The first-order valence-electron chi connectivity index (χ1n) is 42.5. The molecule has 6 fully saturated rings. The van der Waals surface area contributed by atoms with Crippen LogP contribution in [0.15, 0.2) is 24.3 Å². The zero-order chi connectivity index (χ0) is 83.2. The predicted molar refractivity (Wildman–Crippen MR) is 408 cm³/mol. The number of hydrogen-bond donors (Lipinski definition) is 20. The molecule has 34 nitrogen and oxygen atoms in total. The fourth-order valence-electron chi connectivity index (χ4n) is 15.4. The van der Waals surface area contributed by atoms with Crippen molar-refractivity contribution in [2.75, 3.05) is 39.6 Å². The average Bonchev–Trinajstić information content (AvgIpc) is 0.761. The van der Waals surface area contributed by atoms with Crippen LogP contribution in [0.4, 0.5) is 0 Å². The van der Waals surface area contributed by atoms with Gasteiger partial charge in [-0.25, -0.2) is 0 Å². The van der Waals surface area contributed by atoms with Crippen LogP contribution in [-0.2, 0) is 66.4 Å². The molecule has 114 heavy (non-hydrogen) atoms. The number of hydrogen-bond acceptors (Lipinski definition) is 32. The van der Waals surface area contributed by atoms with Crippen LogP contribution in [0.25, 0.3) is 0 Å². The van der Waals surface area contributed by atoms with Crippen LogP contribution in [0.3, 0.4) is 0 Å². The second-order valence-electron chi connectivity index (χ2n) is 31.7. The van der Waals surface area contributed by atoms with Gasteiger partial charge in [0.2, 0.25) is 11.8 Å². The summed E-state index contributed by atoms with van der Waals surface area (Å²) in [5, 5.41) is 206. The third-order valence-electron chi connectivity index (χ3n) is 22.4. The summed E-state index contributed by atoms with van der Waals surface area (Å²) in [4.78, 5) is 26.9. The lowest BCUT2D eigenvalue weighted by molar-refractivity contribution is -0.404. The number of allylic oxidation sites excluding steroid dienone is 3. The molecule has 6 rings (SSSR count). The van der Waals surface area contributed by atoms with Crippen molar-refractivity contribution >= 4 is 11.8 Å². The van der Waals surface area contributed by atoms with E-state index in [1.165, 1.54) is 135 Å². The van der Waals surface area contributed by atoms with E-state index in [1.807, 2.05) is 6.08 Å². The molecule has 0 radical (unpaired) electrons. The molecule has 0 bridgehead atoms. The third kappa shape index (κ3) is 31.3. The highest BCUT2D eigenvalue weighted by atomic mass is 16.8. The third-order valence-corrected chi connectivity index (χ3v) is 22.4. The quantitative estimate of drug-likeness (QED) is 0.0292. The number of ether oxygens (including phenoxy) is 12. The average molecular weight is 1650 g/mol. The van der Waals surface area contributed by atoms with E-state index in [0.29, 0.717) is 12.8 Å². The predicted octanol–water partition coefficient (Wildman–Crippen LogP) is 0.576. The lowest BCUT2D eigenvalue weighted by Gasteiger charge is -2.51. The normalized spacial score (nSPS) is 36.9. The summed E-state index contributed by atoms with van der Waals surface area (Å²) in [6.45, 7) is 1.21. The Morgan fingerprint density at radius 1 is 0.360 bits per heavy atom. The molecule has 6 aliphatic heterocycles. The van der Waals surface area contributed by atoms with Crippen molar-refractivity contribution in [3.05, 3.63) is 24.3 Å². The monoisotopic (exact) mass is 1640 g/mol. The Labute approximate surface area is 671 Å². The highest BCUT2D eigenvalue weighted by Crippen LogP contribution is 2.39. The Bertz CT molecular complexity index is 2610. The molecule has 666 valence electrons. The Hall–Kier alpha value is -2.78. The Morgan fingerprint density at radius 2 is 0.728 bits per heavy atom. The van der Waals surface area contributed by atoms with Gasteiger partial charge in [0, 0.05) is 13.3 Å². The molecule has 32 atom stereocenters. The van der Waals surface area contributed by atoms with E-state index >= 15 is 0 Å². The fraction of sp³-hybridized carbons (Fsp3) is 0.925. The van der Waals surface area contributed by atoms with Crippen LogP contribution >= 0.6 is 0 Å². The van der Waals surface area contributed by atoms with E-state index in [-0.39, 0.29) is 12.3 Å². The van der Waals surface area contributed by atoms with Gasteiger partial charge in [0.05, 0.1) is 57.9 Å². The first-order valence-corrected chi connectivity index (χ1v) is 42.5. The van der Waals surface area contributed by atoms with Gasteiger partial charge in [0.15, 0.2) is 37.7 Å². The molecule has 2 amide bonds. The molecule has 6 heterocycles. The Kier molecular flexibility index (Phi) is 47.9. The molecule has 0 spiro atoms. The maximum absolute atomic E-state index is 13.6. The van der Waals surface area contributed by atoms with Crippen LogP contribution in [0.1, 0.15) is 233 Å².